The monoisotopic (exact) mass is 357 g/mol. The molecule has 24 heavy (non-hydrogen) atoms. The molecule has 1 saturated carbocycles. The van der Waals surface area contributed by atoms with Crippen LogP contribution >= 0.6 is 0 Å². The van der Waals surface area contributed by atoms with Crippen LogP contribution in [0.2, 0.25) is 0 Å². The predicted molar refractivity (Wildman–Crippen MR) is 96.6 cm³/mol. The first-order chi connectivity index (χ1) is 11.4. The standard InChI is InChI=1S/C16H31N5O2S/c1-12-10-20(13-6-7-13)11-15(12)19-16(17-2)18-9-14-5-4-8-21(14)24(3,22)23/h12-15H,4-11H2,1-3H3,(H2,17,18,19)/t12?,14-,15?/m1/s1. The fraction of sp³-hybridized carbons (Fsp3) is 0.938. The van der Waals surface area contributed by atoms with Crippen LogP contribution in [0.1, 0.15) is 32.6 Å². The summed E-state index contributed by atoms with van der Waals surface area (Å²) >= 11 is 0. The third kappa shape index (κ3) is 4.21. The molecule has 7 nitrogen and oxygen atoms in total. The van der Waals surface area contributed by atoms with Crippen LogP contribution in [0.3, 0.4) is 0 Å². The summed E-state index contributed by atoms with van der Waals surface area (Å²) < 4.78 is 25.3. The number of hydrogen-bond donors (Lipinski definition) is 2. The van der Waals surface area contributed by atoms with Gasteiger partial charge in [-0.15, -0.1) is 0 Å². The molecule has 2 unspecified atom stereocenters. The van der Waals surface area contributed by atoms with Crippen molar-refractivity contribution in [3.63, 3.8) is 0 Å². The number of likely N-dealkylation sites (tertiary alicyclic amines) is 1. The highest BCUT2D eigenvalue weighted by Gasteiger charge is 2.38. The maximum Gasteiger partial charge on any atom is 0.211 e. The van der Waals surface area contributed by atoms with E-state index in [1.807, 2.05) is 0 Å². The zero-order valence-corrected chi connectivity index (χ0v) is 15.8. The maximum atomic E-state index is 11.8. The second-order valence-electron chi connectivity index (χ2n) is 7.54. The smallest absolute Gasteiger partial charge is 0.211 e. The van der Waals surface area contributed by atoms with Crippen LogP contribution in [-0.2, 0) is 10.0 Å². The van der Waals surface area contributed by atoms with E-state index in [2.05, 4.69) is 27.4 Å². The van der Waals surface area contributed by atoms with Gasteiger partial charge in [-0.1, -0.05) is 6.92 Å². The highest BCUT2D eigenvalue weighted by Crippen LogP contribution is 2.31. The van der Waals surface area contributed by atoms with Gasteiger partial charge in [0.05, 0.1) is 6.26 Å². The molecular formula is C16H31N5O2S. The number of rotatable bonds is 5. The molecule has 2 heterocycles. The van der Waals surface area contributed by atoms with Crippen molar-refractivity contribution >= 4 is 16.0 Å². The Hall–Kier alpha value is -0.860. The van der Waals surface area contributed by atoms with Gasteiger partial charge >= 0.3 is 0 Å². The fourth-order valence-corrected chi connectivity index (χ4v) is 5.15. The van der Waals surface area contributed by atoms with Crippen LogP contribution in [0.25, 0.3) is 0 Å². The molecule has 0 bridgehead atoms. The van der Waals surface area contributed by atoms with E-state index in [9.17, 15) is 8.42 Å². The Labute approximate surface area is 145 Å². The van der Waals surface area contributed by atoms with Crippen molar-refractivity contribution in [1.29, 1.82) is 0 Å². The maximum absolute atomic E-state index is 11.8. The minimum Gasteiger partial charge on any atom is -0.355 e. The lowest BCUT2D eigenvalue weighted by Gasteiger charge is -2.25. The molecule has 0 spiro atoms. The highest BCUT2D eigenvalue weighted by atomic mass is 32.2. The first-order valence-electron chi connectivity index (χ1n) is 9.06. The van der Waals surface area contributed by atoms with E-state index in [0.29, 0.717) is 25.0 Å². The Morgan fingerprint density at radius 3 is 2.62 bits per heavy atom. The second-order valence-corrected chi connectivity index (χ2v) is 9.47. The Bertz CT molecular complexity index is 575. The number of hydrogen-bond acceptors (Lipinski definition) is 4. The molecule has 0 amide bonds. The third-order valence-electron chi connectivity index (χ3n) is 5.50. The number of nitrogens with one attached hydrogen (secondary N) is 2. The highest BCUT2D eigenvalue weighted by molar-refractivity contribution is 7.88. The summed E-state index contributed by atoms with van der Waals surface area (Å²) in [7, 11) is -1.35. The molecular weight excluding hydrogens is 326 g/mol. The lowest BCUT2D eigenvalue weighted by molar-refractivity contribution is 0.315. The van der Waals surface area contributed by atoms with E-state index < -0.39 is 10.0 Å². The molecule has 3 fully saturated rings. The Kier molecular flexibility index (Phi) is 5.36. The molecule has 3 aliphatic rings. The van der Waals surface area contributed by atoms with Crippen molar-refractivity contribution in [2.75, 3.05) is 39.5 Å². The van der Waals surface area contributed by atoms with E-state index in [0.717, 1.165) is 37.9 Å². The lowest BCUT2D eigenvalue weighted by atomic mass is 10.1. The van der Waals surface area contributed by atoms with E-state index in [-0.39, 0.29) is 6.04 Å². The van der Waals surface area contributed by atoms with Crippen LogP contribution in [0.15, 0.2) is 4.99 Å². The fourth-order valence-electron chi connectivity index (χ4n) is 3.96. The van der Waals surface area contributed by atoms with Gasteiger partial charge in [0.15, 0.2) is 5.96 Å². The Balaban J connectivity index is 1.50. The summed E-state index contributed by atoms with van der Waals surface area (Å²) in [4.78, 5) is 6.91. The van der Waals surface area contributed by atoms with Gasteiger partial charge in [-0.2, -0.15) is 4.31 Å². The van der Waals surface area contributed by atoms with Crippen molar-refractivity contribution in [1.82, 2.24) is 19.8 Å². The van der Waals surface area contributed by atoms with E-state index in [4.69, 9.17) is 0 Å². The quantitative estimate of drug-likeness (QED) is 0.537. The Morgan fingerprint density at radius 2 is 2.00 bits per heavy atom. The molecule has 0 radical (unpaired) electrons. The van der Waals surface area contributed by atoms with Crippen molar-refractivity contribution in [3.8, 4) is 0 Å². The second kappa shape index (κ2) is 7.17. The van der Waals surface area contributed by atoms with Gasteiger partial charge in [-0.25, -0.2) is 8.42 Å². The summed E-state index contributed by atoms with van der Waals surface area (Å²) in [5.41, 5.74) is 0. The van der Waals surface area contributed by atoms with Gasteiger partial charge in [0.1, 0.15) is 0 Å². The SMILES string of the molecule is CN=C(NC[C@H]1CCCN1S(C)(=O)=O)NC1CN(C2CC2)CC1C. The summed E-state index contributed by atoms with van der Waals surface area (Å²) in [5, 5.41) is 6.87. The third-order valence-corrected chi connectivity index (χ3v) is 6.84. The first kappa shape index (κ1) is 17.9. The molecule has 3 atom stereocenters. The molecule has 138 valence electrons. The topological polar surface area (TPSA) is 77.0 Å². The zero-order valence-electron chi connectivity index (χ0n) is 15.0. The number of sulfonamides is 1. The average Bonchev–Trinajstić information content (AvgIpc) is 3.14. The molecule has 2 N–H and O–H groups in total. The summed E-state index contributed by atoms with van der Waals surface area (Å²) in [6.45, 7) is 5.76. The summed E-state index contributed by atoms with van der Waals surface area (Å²) in [5.74, 6) is 1.38. The van der Waals surface area contributed by atoms with E-state index in [1.54, 1.807) is 11.4 Å². The van der Waals surface area contributed by atoms with Crippen molar-refractivity contribution < 1.29 is 8.42 Å². The van der Waals surface area contributed by atoms with Gasteiger partial charge in [0.25, 0.3) is 0 Å². The molecule has 2 saturated heterocycles. The van der Waals surface area contributed by atoms with Crippen LogP contribution in [0.4, 0.5) is 0 Å². The van der Waals surface area contributed by atoms with Crippen LogP contribution in [0.5, 0.6) is 0 Å². The minimum atomic E-state index is -3.12. The Morgan fingerprint density at radius 1 is 1.25 bits per heavy atom. The molecule has 2 aliphatic heterocycles. The van der Waals surface area contributed by atoms with Crippen LogP contribution < -0.4 is 10.6 Å². The van der Waals surface area contributed by atoms with Gasteiger partial charge in [0, 0.05) is 51.4 Å². The van der Waals surface area contributed by atoms with E-state index >= 15 is 0 Å². The summed E-state index contributed by atoms with van der Waals surface area (Å²) in [6.07, 6.45) is 5.82. The van der Waals surface area contributed by atoms with Crippen LogP contribution in [0, 0.1) is 5.92 Å². The molecule has 8 heteroatoms. The van der Waals surface area contributed by atoms with Gasteiger partial charge < -0.3 is 10.6 Å². The molecule has 3 rings (SSSR count). The zero-order chi connectivity index (χ0) is 17.3. The minimum absolute atomic E-state index is 0.0301. The number of nitrogens with zero attached hydrogens (tertiary/aromatic N) is 3. The predicted octanol–water partition coefficient (Wildman–Crippen LogP) is 0.0581. The van der Waals surface area contributed by atoms with Gasteiger partial charge in [-0.3, -0.25) is 9.89 Å². The molecule has 0 aromatic rings. The number of guanidine groups is 1. The van der Waals surface area contributed by atoms with Crippen molar-refractivity contribution in [2.24, 2.45) is 10.9 Å². The molecule has 1 aliphatic carbocycles. The number of aliphatic imine (C=N–C) groups is 1. The molecule has 0 aromatic heterocycles. The summed E-state index contributed by atoms with van der Waals surface area (Å²) in [6, 6.07) is 1.24. The average molecular weight is 358 g/mol. The molecule has 0 aromatic carbocycles. The normalized spacial score (nSPS) is 33.1. The van der Waals surface area contributed by atoms with Crippen molar-refractivity contribution in [3.05, 3.63) is 0 Å². The lowest BCUT2D eigenvalue weighted by Crippen LogP contribution is -2.50. The first-order valence-corrected chi connectivity index (χ1v) is 10.9. The largest absolute Gasteiger partial charge is 0.355 e. The van der Waals surface area contributed by atoms with Crippen LogP contribution in [-0.4, -0.2) is 81.2 Å². The van der Waals surface area contributed by atoms with E-state index in [1.165, 1.54) is 19.1 Å². The van der Waals surface area contributed by atoms with Gasteiger partial charge in [0.2, 0.25) is 10.0 Å². The van der Waals surface area contributed by atoms with Crippen molar-refractivity contribution in [2.45, 2.75) is 50.7 Å². The van der Waals surface area contributed by atoms with Gasteiger partial charge in [-0.05, 0) is 31.6 Å².